The summed E-state index contributed by atoms with van der Waals surface area (Å²) >= 11 is 0. The molecule has 1 aliphatic heterocycles. The van der Waals surface area contributed by atoms with Crippen LogP contribution in [0.5, 0.6) is 5.75 Å². The van der Waals surface area contributed by atoms with Gasteiger partial charge in [0.1, 0.15) is 5.75 Å². The molecule has 0 radical (unpaired) electrons. The standard InChI is InChI=1S/C22H26N2O3/c1-15(4-5-17-6-9-20(27-3)10-7-17)23-22(26)19-8-11-21-18(14-19)12-13-24(21)16(2)25/h6-11,14-15H,4-5,12-13H2,1-3H3,(H,23,26). The van der Waals surface area contributed by atoms with E-state index in [1.807, 2.05) is 31.2 Å². The molecule has 1 aliphatic rings. The van der Waals surface area contributed by atoms with Crippen LogP contribution in [0.4, 0.5) is 5.69 Å². The van der Waals surface area contributed by atoms with Crippen molar-refractivity contribution >= 4 is 17.5 Å². The van der Waals surface area contributed by atoms with Crippen LogP contribution < -0.4 is 15.0 Å². The van der Waals surface area contributed by atoms with Crippen LogP contribution in [0, 0.1) is 0 Å². The highest BCUT2D eigenvalue weighted by molar-refractivity contribution is 5.97. The number of ether oxygens (including phenoxy) is 1. The Balaban J connectivity index is 1.56. The van der Waals surface area contributed by atoms with Gasteiger partial charge in [0.25, 0.3) is 5.91 Å². The number of benzene rings is 2. The molecule has 0 spiro atoms. The van der Waals surface area contributed by atoms with E-state index in [0.29, 0.717) is 12.1 Å². The zero-order valence-electron chi connectivity index (χ0n) is 16.1. The zero-order chi connectivity index (χ0) is 19.4. The third-order valence-electron chi connectivity index (χ3n) is 5.02. The maximum absolute atomic E-state index is 12.6. The average Bonchev–Trinajstić information content (AvgIpc) is 3.10. The van der Waals surface area contributed by atoms with Gasteiger partial charge in [0.15, 0.2) is 0 Å². The molecule has 1 unspecified atom stereocenters. The number of hydrogen-bond acceptors (Lipinski definition) is 3. The lowest BCUT2D eigenvalue weighted by atomic mass is 10.0. The van der Waals surface area contributed by atoms with Crippen LogP contribution in [0.1, 0.15) is 41.8 Å². The van der Waals surface area contributed by atoms with Crippen LogP contribution >= 0.6 is 0 Å². The number of aryl methyl sites for hydroxylation is 1. The Kier molecular flexibility index (Phi) is 5.79. The molecular formula is C22H26N2O3. The highest BCUT2D eigenvalue weighted by Gasteiger charge is 2.23. The van der Waals surface area contributed by atoms with Gasteiger partial charge in [0, 0.05) is 30.8 Å². The molecular weight excluding hydrogens is 340 g/mol. The van der Waals surface area contributed by atoms with Gasteiger partial charge in [-0.05, 0) is 67.6 Å². The van der Waals surface area contributed by atoms with Gasteiger partial charge in [-0.15, -0.1) is 0 Å². The summed E-state index contributed by atoms with van der Waals surface area (Å²) in [7, 11) is 1.66. The summed E-state index contributed by atoms with van der Waals surface area (Å²) in [5.74, 6) is 0.819. The van der Waals surface area contributed by atoms with Crippen LogP contribution in [0.3, 0.4) is 0 Å². The number of nitrogens with one attached hydrogen (secondary N) is 1. The Hall–Kier alpha value is -2.82. The van der Waals surface area contributed by atoms with E-state index in [0.717, 1.165) is 36.3 Å². The van der Waals surface area contributed by atoms with E-state index in [2.05, 4.69) is 17.4 Å². The molecule has 27 heavy (non-hydrogen) atoms. The van der Waals surface area contributed by atoms with E-state index < -0.39 is 0 Å². The highest BCUT2D eigenvalue weighted by atomic mass is 16.5. The van der Waals surface area contributed by atoms with E-state index in [1.165, 1.54) is 5.56 Å². The zero-order valence-corrected chi connectivity index (χ0v) is 16.1. The highest BCUT2D eigenvalue weighted by Crippen LogP contribution is 2.28. The number of methoxy groups -OCH3 is 1. The number of hydrogen-bond donors (Lipinski definition) is 1. The van der Waals surface area contributed by atoms with Crippen molar-refractivity contribution in [3.8, 4) is 5.75 Å². The number of amides is 2. The summed E-state index contributed by atoms with van der Waals surface area (Å²) in [6.07, 6.45) is 2.55. The summed E-state index contributed by atoms with van der Waals surface area (Å²) < 4.78 is 5.17. The molecule has 0 bridgehead atoms. The van der Waals surface area contributed by atoms with Crippen molar-refractivity contribution in [1.82, 2.24) is 5.32 Å². The largest absolute Gasteiger partial charge is 0.497 e. The first-order valence-electron chi connectivity index (χ1n) is 9.32. The van der Waals surface area contributed by atoms with Crippen molar-refractivity contribution in [1.29, 1.82) is 0 Å². The van der Waals surface area contributed by atoms with E-state index in [1.54, 1.807) is 25.0 Å². The van der Waals surface area contributed by atoms with Gasteiger partial charge in [-0.3, -0.25) is 9.59 Å². The molecule has 0 fully saturated rings. The first-order chi connectivity index (χ1) is 13.0. The summed E-state index contributed by atoms with van der Waals surface area (Å²) in [5, 5.41) is 3.07. The molecule has 2 amide bonds. The topological polar surface area (TPSA) is 58.6 Å². The van der Waals surface area contributed by atoms with Crippen molar-refractivity contribution in [3.05, 3.63) is 59.2 Å². The monoisotopic (exact) mass is 366 g/mol. The quantitative estimate of drug-likeness (QED) is 0.853. The second-order valence-corrected chi connectivity index (χ2v) is 7.03. The fourth-order valence-corrected chi connectivity index (χ4v) is 3.42. The van der Waals surface area contributed by atoms with E-state index in [4.69, 9.17) is 4.74 Å². The second kappa shape index (κ2) is 8.25. The Labute approximate surface area is 160 Å². The van der Waals surface area contributed by atoms with E-state index in [9.17, 15) is 9.59 Å². The van der Waals surface area contributed by atoms with E-state index in [-0.39, 0.29) is 17.9 Å². The first-order valence-corrected chi connectivity index (χ1v) is 9.32. The number of nitrogens with zero attached hydrogens (tertiary/aromatic N) is 1. The second-order valence-electron chi connectivity index (χ2n) is 7.03. The number of fused-ring (bicyclic) bond motifs is 1. The third-order valence-corrected chi connectivity index (χ3v) is 5.02. The molecule has 5 heteroatoms. The molecule has 0 aromatic heterocycles. The summed E-state index contributed by atoms with van der Waals surface area (Å²) in [6.45, 7) is 4.28. The van der Waals surface area contributed by atoms with Crippen LogP contribution in [-0.2, 0) is 17.6 Å². The number of carbonyl (C=O) groups excluding carboxylic acids is 2. The lowest BCUT2D eigenvalue weighted by Gasteiger charge is -2.16. The fourth-order valence-electron chi connectivity index (χ4n) is 3.42. The predicted molar refractivity (Wildman–Crippen MR) is 106 cm³/mol. The van der Waals surface area contributed by atoms with Crippen molar-refractivity contribution in [3.63, 3.8) is 0 Å². The average molecular weight is 366 g/mol. The summed E-state index contributed by atoms with van der Waals surface area (Å²) in [5.41, 5.74) is 3.85. The SMILES string of the molecule is COc1ccc(CCC(C)NC(=O)c2ccc3c(c2)CCN3C(C)=O)cc1. The summed E-state index contributed by atoms with van der Waals surface area (Å²) in [4.78, 5) is 26.0. The minimum atomic E-state index is -0.0682. The predicted octanol–water partition coefficient (Wildman–Crippen LogP) is 3.36. The van der Waals surface area contributed by atoms with Crippen molar-refractivity contribution in [2.45, 2.75) is 39.2 Å². The van der Waals surface area contributed by atoms with Crippen LogP contribution in [0.25, 0.3) is 0 Å². The molecule has 0 saturated carbocycles. The molecule has 2 aromatic rings. The van der Waals surface area contributed by atoms with E-state index >= 15 is 0 Å². The van der Waals surface area contributed by atoms with Crippen molar-refractivity contribution < 1.29 is 14.3 Å². The smallest absolute Gasteiger partial charge is 0.251 e. The van der Waals surface area contributed by atoms with Crippen LogP contribution in [-0.4, -0.2) is 31.5 Å². The van der Waals surface area contributed by atoms with Gasteiger partial charge < -0.3 is 15.0 Å². The van der Waals surface area contributed by atoms with Gasteiger partial charge in [-0.1, -0.05) is 12.1 Å². The normalized spacial score (nSPS) is 13.8. The number of carbonyl (C=O) groups is 2. The lowest BCUT2D eigenvalue weighted by Crippen LogP contribution is -2.33. The van der Waals surface area contributed by atoms with Gasteiger partial charge >= 0.3 is 0 Å². The lowest BCUT2D eigenvalue weighted by molar-refractivity contribution is -0.116. The maximum atomic E-state index is 12.6. The van der Waals surface area contributed by atoms with Gasteiger partial charge in [0.05, 0.1) is 7.11 Å². The van der Waals surface area contributed by atoms with Crippen molar-refractivity contribution in [2.24, 2.45) is 0 Å². The van der Waals surface area contributed by atoms with Crippen LogP contribution in [0.15, 0.2) is 42.5 Å². The van der Waals surface area contributed by atoms with Crippen molar-refractivity contribution in [2.75, 3.05) is 18.6 Å². The molecule has 1 heterocycles. The molecule has 5 nitrogen and oxygen atoms in total. The summed E-state index contributed by atoms with van der Waals surface area (Å²) in [6, 6.07) is 13.7. The fraction of sp³-hybridized carbons (Fsp3) is 0.364. The van der Waals surface area contributed by atoms with Crippen LogP contribution in [0.2, 0.25) is 0 Å². The third kappa shape index (κ3) is 4.48. The Morgan fingerprint density at radius 1 is 1.19 bits per heavy atom. The van der Waals surface area contributed by atoms with Gasteiger partial charge in [0.2, 0.25) is 5.91 Å². The maximum Gasteiger partial charge on any atom is 0.251 e. The minimum Gasteiger partial charge on any atom is -0.497 e. The molecule has 0 saturated heterocycles. The first kappa shape index (κ1) is 19.0. The number of anilines is 1. The van der Waals surface area contributed by atoms with Gasteiger partial charge in [-0.2, -0.15) is 0 Å². The molecule has 1 N–H and O–H groups in total. The Morgan fingerprint density at radius 3 is 2.59 bits per heavy atom. The molecule has 0 aliphatic carbocycles. The molecule has 142 valence electrons. The number of rotatable bonds is 6. The molecule has 2 aromatic carbocycles. The van der Waals surface area contributed by atoms with Gasteiger partial charge in [-0.25, -0.2) is 0 Å². The minimum absolute atomic E-state index is 0.0399. The molecule has 1 atom stereocenters. The Bertz CT molecular complexity index is 830. The molecule has 3 rings (SSSR count). The Morgan fingerprint density at radius 2 is 1.93 bits per heavy atom.